The van der Waals surface area contributed by atoms with Crippen LogP contribution in [0, 0.1) is 13.8 Å². The van der Waals surface area contributed by atoms with Crippen molar-refractivity contribution in [1.29, 1.82) is 0 Å². The van der Waals surface area contributed by atoms with Crippen LogP contribution < -0.4 is 10.5 Å². The van der Waals surface area contributed by atoms with E-state index in [1.165, 1.54) is 0 Å². The van der Waals surface area contributed by atoms with E-state index in [2.05, 4.69) is 0 Å². The Labute approximate surface area is 123 Å². The van der Waals surface area contributed by atoms with Crippen molar-refractivity contribution in [2.24, 2.45) is 5.73 Å². The van der Waals surface area contributed by atoms with Gasteiger partial charge in [-0.05, 0) is 55.3 Å². The van der Waals surface area contributed by atoms with Crippen LogP contribution in [0.2, 0.25) is 5.02 Å². The Morgan fingerprint density at radius 2 is 1.89 bits per heavy atom. The lowest BCUT2D eigenvalue weighted by atomic mass is 10.1. The zero-order valence-corrected chi connectivity index (χ0v) is 12.3. The molecule has 0 fully saturated rings. The van der Waals surface area contributed by atoms with Crippen molar-refractivity contribution < 1.29 is 4.74 Å². The van der Waals surface area contributed by atoms with Crippen LogP contribution in [0.25, 0.3) is 0 Å². The van der Waals surface area contributed by atoms with Crippen molar-refractivity contribution in [2.75, 3.05) is 0 Å². The summed E-state index contributed by atoms with van der Waals surface area (Å²) in [6.07, 6.45) is 0. The molecule has 98 valence electrons. The predicted molar refractivity (Wildman–Crippen MR) is 83.3 cm³/mol. The summed E-state index contributed by atoms with van der Waals surface area (Å²) in [7, 11) is 0. The molecule has 0 aliphatic heterocycles. The van der Waals surface area contributed by atoms with Crippen molar-refractivity contribution in [3.63, 3.8) is 0 Å². The molecule has 0 bridgehead atoms. The first-order chi connectivity index (χ1) is 8.97. The van der Waals surface area contributed by atoms with Crippen molar-refractivity contribution in [3.05, 3.63) is 58.1 Å². The number of rotatable bonds is 3. The minimum absolute atomic E-state index is 0.386. The van der Waals surface area contributed by atoms with Crippen LogP contribution in [-0.4, -0.2) is 4.99 Å². The number of hydrogen-bond donors (Lipinski definition) is 1. The van der Waals surface area contributed by atoms with Crippen molar-refractivity contribution in [2.45, 2.75) is 13.8 Å². The maximum absolute atomic E-state index is 6.14. The van der Waals surface area contributed by atoms with E-state index in [4.69, 9.17) is 34.3 Å². The second-order valence-corrected chi connectivity index (χ2v) is 5.22. The molecule has 2 rings (SSSR count). The highest BCUT2D eigenvalue weighted by atomic mass is 35.5. The second-order valence-electron chi connectivity index (χ2n) is 4.38. The third-order valence-corrected chi connectivity index (χ3v) is 3.29. The predicted octanol–water partition coefficient (Wildman–Crippen LogP) is 4.38. The molecule has 4 heteroatoms. The van der Waals surface area contributed by atoms with Gasteiger partial charge in [0.2, 0.25) is 0 Å². The number of benzene rings is 2. The summed E-state index contributed by atoms with van der Waals surface area (Å²) < 4.78 is 5.76. The van der Waals surface area contributed by atoms with E-state index in [-0.39, 0.29) is 0 Å². The van der Waals surface area contributed by atoms with Crippen LogP contribution in [0.15, 0.2) is 36.4 Å². The van der Waals surface area contributed by atoms with Gasteiger partial charge in [0.25, 0.3) is 0 Å². The summed E-state index contributed by atoms with van der Waals surface area (Å²) >= 11 is 11.1. The largest absolute Gasteiger partial charge is 0.456 e. The molecule has 0 amide bonds. The quantitative estimate of drug-likeness (QED) is 0.852. The molecular weight excluding hydrogens is 278 g/mol. The maximum atomic E-state index is 6.14. The van der Waals surface area contributed by atoms with Gasteiger partial charge in [0, 0.05) is 5.56 Å². The van der Waals surface area contributed by atoms with E-state index in [0.717, 1.165) is 16.7 Å². The van der Waals surface area contributed by atoms with E-state index in [1.54, 1.807) is 0 Å². The topological polar surface area (TPSA) is 35.2 Å². The molecule has 0 saturated heterocycles. The molecule has 2 aromatic carbocycles. The van der Waals surface area contributed by atoms with Gasteiger partial charge in [-0.2, -0.15) is 0 Å². The molecular formula is C15H14ClNOS. The van der Waals surface area contributed by atoms with Crippen LogP contribution in [0.1, 0.15) is 16.7 Å². The number of aryl methyl sites for hydroxylation is 2. The molecule has 19 heavy (non-hydrogen) atoms. The monoisotopic (exact) mass is 291 g/mol. The summed E-state index contributed by atoms with van der Waals surface area (Å²) in [6, 6.07) is 11.3. The molecule has 0 saturated carbocycles. The van der Waals surface area contributed by atoms with E-state index in [9.17, 15) is 0 Å². The summed E-state index contributed by atoms with van der Waals surface area (Å²) in [4.78, 5) is 0.386. The van der Waals surface area contributed by atoms with E-state index in [1.807, 2.05) is 50.2 Å². The van der Waals surface area contributed by atoms with Gasteiger partial charge in [0.1, 0.15) is 16.5 Å². The lowest BCUT2D eigenvalue weighted by molar-refractivity contribution is 0.482. The third-order valence-electron chi connectivity index (χ3n) is 2.78. The first-order valence-corrected chi connectivity index (χ1v) is 6.60. The van der Waals surface area contributed by atoms with Gasteiger partial charge in [0.05, 0.1) is 5.02 Å². The molecule has 2 N–H and O–H groups in total. The lowest BCUT2D eigenvalue weighted by Gasteiger charge is -2.10. The SMILES string of the molecule is Cc1ccc(Oc2ccc(C(N)=S)c(C)c2)c(Cl)c1. The van der Waals surface area contributed by atoms with Crippen molar-refractivity contribution in [1.82, 2.24) is 0 Å². The minimum atomic E-state index is 0.386. The third kappa shape index (κ3) is 3.25. The zero-order valence-electron chi connectivity index (χ0n) is 10.7. The maximum Gasteiger partial charge on any atom is 0.146 e. The van der Waals surface area contributed by atoms with Crippen LogP contribution >= 0.6 is 23.8 Å². The number of thiocarbonyl (C=S) groups is 1. The average molecular weight is 292 g/mol. The Hall–Kier alpha value is -1.58. The van der Waals surface area contributed by atoms with Gasteiger partial charge in [0.15, 0.2) is 0 Å². The highest BCUT2D eigenvalue weighted by Gasteiger charge is 2.06. The fourth-order valence-corrected chi connectivity index (χ4v) is 2.29. The van der Waals surface area contributed by atoms with Gasteiger partial charge in [-0.25, -0.2) is 0 Å². The van der Waals surface area contributed by atoms with E-state index < -0.39 is 0 Å². The van der Waals surface area contributed by atoms with Crippen LogP contribution in [0.5, 0.6) is 11.5 Å². The molecule has 0 spiro atoms. The number of hydrogen-bond acceptors (Lipinski definition) is 2. The zero-order chi connectivity index (χ0) is 14.0. The molecule has 0 aliphatic rings. The summed E-state index contributed by atoms with van der Waals surface area (Å²) in [5, 5.41) is 0.594. The van der Waals surface area contributed by atoms with Crippen LogP contribution in [0.4, 0.5) is 0 Å². The molecule has 0 unspecified atom stereocenters. The fourth-order valence-electron chi connectivity index (χ4n) is 1.79. The Morgan fingerprint density at radius 1 is 1.16 bits per heavy atom. The smallest absolute Gasteiger partial charge is 0.146 e. The van der Waals surface area contributed by atoms with Gasteiger partial charge >= 0.3 is 0 Å². The number of nitrogens with two attached hydrogens (primary N) is 1. The van der Waals surface area contributed by atoms with Crippen molar-refractivity contribution in [3.8, 4) is 11.5 Å². The average Bonchev–Trinajstić information content (AvgIpc) is 2.32. The molecule has 2 aromatic rings. The van der Waals surface area contributed by atoms with Gasteiger partial charge in [-0.15, -0.1) is 0 Å². The Balaban J connectivity index is 2.29. The molecule has 0 radical (unpaired) electrons. The minimum Gasteiger partial charge on any atom is -0.456 e. The Morgan fingerprint density at radius 3 is 2.47 bits per heavy atom. The first-order valence-electron chi connectivity index (χ1n) is 5.82. The molecule has 0 aromatic heterocycles. The van der Waals surface area contributed by atoms with Crippen molar-refractivity contribution >= 4 is 28.8 Å². The fraction of sp³-hybridized carbons (Fsp3) is 0.133. The standard InChI is InChI=1S/C15H14ClNOS/c1-9-3-6-14(13(16)7-9)18-11-4-5-12(15(17)19)10(2)8-11/h3-8H,1-2H3,(H2,17,19). The van der Waals surface area contributed by atoms with Gasteiger partial charge in [-0.3, -0.25) is 0 Å². The molecule has 2 nitrogen and oxygen atoms in total. The number of ether oxygens (including phenoxy) is 1. The Kier molecular flexibility index (Phi) is 4.08. The normalized spacial score (nSPS) is 10.3. The highest BCUT2D eigenvalue weighted by molar-refractivity contribution is 7.80. The van der Waals surface area contributed by atoms with E-state index >= 15 is 0 Å². The summed E-state index contributed by atoms with van der Waals surface area (Å²) in [5.41, 5.74) is 8.56. The summed E-state index contributed by atoms with van der Waals surface area (Å²) in [5.74, 6) is 1.35. The van der Waals surface area contributed by atoms with Gasteiger partial charge in [-0.1, -0.05) is 29.9 Å². The van der Waals surface area contributed by atoms with Crippen LogP contribution in [-0.2, 0) is 0 Å². The van der Waals surface area contributed by atoms with E-state index in [0.29, 0.717) is 21.5 Å². The highest BCUT2D eigenvalue weighted by Crippen LogP contribution is 2.30. The molecule has 0 atom stereocenters. The summed E-state index contributed by atoms with van der Waals surface area (Å²) in [6.45, 7) is 3.93. The molecule has 0 heterocycles. The Bertz CT molecular complexity index is 640. The second kappa shape index (κ2) is 5.59. The first kappa shape index (κ1) is 13.8. The number of halogens is 1. The van der Waals surface area contributed by atoms with Gasteiger partial charge < -0.3 is 10.5 Å². The molecule has 0 aliphatic carbocycles. The lowest BCUT2D eigenvalue weighted by Crippen LogP contribution is -2.10. The van der Waals surface area contributed by atoms with Crippen LogP contribution in [0.3, 0.4) is 0 Å².